The maximum absolute atomic E-state index is 14.1. The number of rotatable bonds is 6. The van der Waals surface area contributed by atoms with Crippen LogP contribution >= 0.6 is 0 Å². The van der Waals surface area contributed by atoms with Gasteiger partial charge in [-0.3, -0.25) is 56.1 Å². The molecular weight excluding hydrogens is 1080 g/mol. The molecule has 0 heterocycles. The van der Waals surface area contributed by atoms with Crippen LogP contribution < -0.4 is 63.9 Å². The average molecular weight is 1110 g/mol. The highest BCUT2D eigenvalue weighted by Gasteiger charge is 2.23. The zero-order chi connectivity index (χ0) is 53.6. The van der Waals surface area contributed by atoms with Gasteiger partial charge in [-0.1, -0.05) is 0 Å². The highest BCUT2D eigenvalue weighted by molar-refractivity contribution is 7.91. The first-order chi connectivity index (χ1) is 32.9. The second kappa shape index (κ2) is 17.8. The molecule has 6 N–H and O–H groups in total. The molecule has 0 radical (unpaired) electrons. The molecule has 0 spiro atoms. The van der Waals surface area contributed by atoms with E-state index in [1.165, 1.54) is 0 Å². The van der Waals surface area contributed by atoms with Gasteiger partial charge in [0.15, 0.2) is 32.6 Å². The average Bonchev–Trinajstić information content (AvgIpc) is 3.23. The summed E-state index contributed by atoms with van der Waals surface area (Å²) in [5.41, 5.74) is -14.1. The minimum atomic E-state index is -5.41. The van der Waals surface area contributed by atoms with Gasteiger partial charge in [-0.25, -0.2) is 0 Å². The molecule has 6 aliphatic carbocycles. The van der Waals surface area contributed by atoms with Gasteiger partial charge in [0, 0.05) is 64.7 Å². The highest BCUT2D eigenvalue weighted by Crippen LogP contribution is 2.18. The van der Waals surface area contributed by atoms with Gasteiger partial charge in [0.25, 0.3) is 60.7 Å². The van der Waals surface area contributed by atoms with E-state index in [2.05, 4.69) is 0 Å². The van der Waals surface area contributed by atoms with E-state index in [1.54, 1.807) is 0 Å². The van der Waals surface area contributed by atoms with Crippen molar-refractivity contribution in [1.82, 2.24) is 0 Å². The van der Waals surface area contributed by atoms with Crippen LogP contribution in [0.3, 0.4) is 0 Å². The smallest absolute Gasteiger partial charge is 0.289 e. The Morgan fingerprint density at radius 2 is 0.319 bits per heavy atom. The topological polar surface area (TPSA) is 429 Å². The fraction of sp³-hybridized carbons (Fsp3) is 0. The van der Waals surface area contributed by atoms with Crippen LogP contribution in [0.4, 0.5) is 0 Å². The van der Waals surface area contributed by atoms with E-state index < -0.39 is 187 Å². The molecular formula is C42H24O24S6. The molecule has 0 fully saturated rings. The van der Waals surface area contributed by atoms with Gasteiger partial charge in [-0.2, -0.15) is 50.5 Å². The molecule has 24 nitrogen and oxygen atoms in total. The quantitative estimate of drug-likeness (QED) is 0.146. The highest BCUT2D eigenvalue weighted by atomic mass is 32.2. The van der Waals surface area contributed by atoms with Crippen molar-refractivity contribution < 1.29 is 77.8 Å². The summed E-state index contributed by atoms with van der Waals surface area (Å²) in [6, 6.07) is 2.84. The predicted octanol–water partition coefficient (Wildman–Crippen LogP) is -4.64. The van der Waals surface area contributed by atoms with Crippen molar-refractivity contribution in [3.8, 4) is 0 Å². The van der Waals surface area contributed by atoms with E-state index in [1.807, 2.05) is 0 Å². The lowest BCUT2D eigenvalue weighted by Gasteiger charge is -2.06. The lowest BCUT2D eigenvalue weighted by Crippen LogP contribution is -2.36. The third-order valence-electron chi connectivity index (χ3n) is 10.4. The normalized spacial score (nSPS) is 15.6. The second-order valence-electron chi connectivity index (χ2n) is 15.3. The molecule has 7 rings (SSSR count). The van der Waals surface area contributed by atoms with Crippen LogP contribution in [0.5, 0.6) is 0 Å². The summed E-state index contributed by atoms with van der Waals surface area (Å²) >= 11 is 0. The van der Waals surface area contributed by atoms with Crippen LogP contribution in [0.1, 0.15) is 33.4 Å². The van der Waals surface area contributed by atoms with Gasteiger partial charge in [0.2, 0.25) is 0 Å². The fourth-order valence-electron chi connectivity index (χ4n) is 7.06. The van der Waals surface area contributed by atoms with E-state index in [0.717, 1.165) is 0 Å². The van der Waals surface area contributed by atoms with Crippen molar-refractivity contribution in [2.75, 3.05) is 0 Å². The Balaban J connectivity index is 1.88. The van der Waals surface area contributed by atoms with Crippen molar-refractivity contribution in [3.05, 3.63) is 192 Å². The van der Waals surface area contributed by atoms with Crippen molar-refractivity contribution in [2.45, 2.75) is 0 Å². The maximum Gasteiger partial charge on any atom is 0.294 e. The third kappa shape index (κ3) is 10.8. The van der Waals surface area contributed by atoms with Gasteiger partial charge in [0.05, 0.1) is 29.4 Å². The van der Waals surface area contributed by atoms with E-state index in [9.17, 15) is 107 Å². The Kier molecular flexibility index (Phi) is 13.0. The minimum absolute atomic E-state index is 0.417. The molecule has 12 bridgehead atoms. The first-order valence-electron chi connectivity index (χ1n) is 18.9. The monoisotopic (exact) mass is 1100 g/mol. The van der Waals surface area contributed by atoms with Crippen molar-refractivity contribution in [3.63, 3.8) is 0 Å². The molecule has 0 unspecified atom stereocenters. The van der Waals surface area contributed by atoms with E-state index in [-0.39, 0.29) is 0 Å². The Bertz CT molecular complexity index is 4130. The van der Waals surface area contributed by atoms with E-state index in [0.29, 0.717) is 109 Å². The lowest BCUT2D eigenvalue weighted by molar-refractivity contribution is 0.490. The first kappa shape index (κ1) is 52.6. The zero-order valence-electron chi connectivity index (χ0n) is 34.9. The molecule has 1 aromatic rings. The molecule has 0 aliphatic heterocycles. The molecule has 372 valence electrons. The molecule has 0 aromatic heterocycles. The molecule has 0 saturated carbocycles. The second-order valence-corrected chi connectivity index (χ2v) is 23.8. The summed E-state index contributed by atoms with van der Waals surface area (Å²) in [6.07, 6.45) is 5.01. The lowest BCUT2D eigenvalue weighted by atomic mass is 10.0. The summed E-state index contributed by atoms with van der Waals surface area (Å²) in [6.45, 7) is 0. The molecule has 0 amide bonds. The van der Waals surface area contributed by atoms with Crippen LogP contribution in [0.15, 0.2) is 94.6 Å². The number of hydrogen-bond donors (Lipinski definition) is 6. The van der Waals surface area contributed by atoms with E-state index >= 15 is 0 Å². The predicted molar refractivity (Wildman–Crippen MR) is 259 cm³/mol. The van der Waals surface area contributed by atoms with Crippen LogP contribution in [0, 0.1) is 0 Å². The van der Waals surface area contributed by atoms with Crippen LogP contribution in [0.25, 0.3) is 72.9 Å². The van der Waals surface area contributed by atoms with Gasteiger partial charge in [-0.05, 0) is 109 Å². The summed E-state index contributed by atoms with van der Waals surface area (Å²) < 4.78 is 211. The third-order valence-corrected chi connectivity index (χ3v) is 15.4. The largest absolute Gasteiger partial charge is 0.294 e. The zero-order valence-corrected chi connectivity index (χ0v) is 39.8. The number of hydrogen-bond acceptors (Lipinski definition) is 18. The Hall–Kier alpha value is -7.20. The fourth-order valence-corrected chi connectivity index (χ4v) is 10.4. The van der Waals surface area contributed by atoms with Crippen LogP contribution in [0.2, 0.25) is 0 Å². The Labute approximate surface area is 401 Å². The summed E-state index contributed by atoms with van der Waals surface area (Å²) in [4.78, 5) is 77.3. The molecule has 72 heavy (non-hydrogen) atoms. The Morgan fingerprint density at radius 3 is 0.417 bits per heavy atom. The van der Waals surface area contributed by atoms with Crippen molar-refractivity contribution in [1.29, 1.82) is 0 Å². The van der Waals surface area contributed by atoms with Crippen molar-refractivity contribution >= 4 is 134 Å². The van der Waals surface area contributed by atoms with E-state index in [4.69, 9.17) is 0 Å². The van der Waals surface area contributed by atoms with Gasteiger partial charge >= 0.3 is 0 Å². The maximum atomic E-state index is 14.1. The summed E-state index contributed by atoms with van der Waals surface area (Å²) in [5.74, 6) is 0. The number of fused-ring (bicyclic) bond motifs is 12. The minimum Gasteiger partial charge on any atom is -0.289 e. The SMILES string of the molecule is O=c1c2cc3c(=O)c(cc4c(=O)c(cc5c(=O)c(cc6c(=O)c(cc7c(=O)c(cc1=CC(S(=O)(=O)O)=C2)C=C(S(=O)(=O)O)C=7)C=C(S(=O)(=O)O)C=6)C=C(S(=O)(=O)O)C=5)C=C(S(=O)(=O)O)C=4)C=C(S(=O)(=O)O)C=3. The summed E-state index contributed by atoms with van der Waals surface area (Å²) in [7, 11) is -32.4. The van der Waals surface area contributed by atoms with Crippen molar-refractivity contribution in [2.24, 2.45) is 0 Å². The summed E-state index contributed by atoms with van der Waals surface area (Å²) in [5, 5.41) is -5.73. The Morgan fingerprint density at radius 1 is 0.208 bits per heavy atom. The molecule has 0 atom stereocenters. The van der Waals surface area contributed by atoms with Crippen LogP contribution in [-0.2, 0) is 60.7 Å². The molecule has 6 aliphatic rings. The molecule has 0 saturated heterocycles. The van der Waals surface area contributed by atoms with Gasteiger partial charge in [0.1, 0.15) is 0 Å². The van der Waals surface area contributed by atoms with Crippen LogP contribution in [-0.4, -0.2) is 77.8 Å². The molecule has 30 heteroatoms. The first-order valence-corrected chi connectivity index (χ1v) is 27.6. The van der Waals surface area contributed by atoms with Gasteiger partial charge in [-0.15, -0.1) is 0 Å². The van der Waals surface area contributed by atoms with Gasteiger partial charge < -0.3 is 0 Å². The molecule has 1 aromatic carbocycles. The standard InChI is InChI=1S/C42H24O24S6/c43-37-19-1-20-8-32(68(52,53)54)10-22(38(20)44)3-24-12-34(70(58,59)60)14-26(40(24)46)5-28-16-36(72(64,65)66)18-30(42(28)48)6-29-17-35(71(61,62)63)15-27(41(29)47)4-25-13-33(69(55,56)57)11-23(39(25)45)2-21(37)9-31(7-19)67(49,50)51/h1-18H,(H,49,50,51)(H,52,53,54)(H,55,56,57)(H,58,59,60)(H,61,62,63)(H,64,65,66). The number of allylic oxidation sites excluding steroid dienone is 6.